The van der Waals surface area contributed by atoms with Crippen molar-refractivity contribution in [2.75, 3.05) is 0 Å². The number of rotatable bonds is 2. The van der Waals surface area contributed by atoms with Gasteiger partial charge in [-0.3, -0.25) is 4.79 Å². The minimum Gasteiger partial charge on any atom is -0.297 e. The summed E-state index contributed by atoms with van der Waals surface area (Å²) in [5, 5.41) is 4.96. The smallest absolute Gasteiger partial charge is 0.163 e. The molecule has 0 unspecified atom stereocenters. The molecule has 0 aromatic heterocycles. The van der Waals surface area contributed by atoms with E-state index in [4.69, 9.17) is 0 Å². The molecule has 0 heterocycles. The largest absolute Gasteiger partial charge is 0.297 e. The summed E-state index contributed by atoms with van der Waals surface area (Å²) in [7, 11) is 0. The molecule has 0 radical (unpaired) electrons. The Morgan fingerprint density at radius 3 is 1.23 bits per heavy atom. The summed E-state index contributed by atoms with van der Waals surface area (Å²) in [6, 6.07) is 38.8. The lowest BCUT2D eigenvalue weighted by molar-refractivity contribution is -0.125. The van der Waals surface area contributed by atoms with E-state index in [2.05, 4.69) is 123 Å². The first kappa shape index (κ1) is 19.6. The predicted octanol–water partition coefficient (Wildman–Crippen LogP) is 7.43. The van der Waals surface area contributed by atoms with Crippen molar-refractivity contribution in [1.29, 1.82) is 0 Å². The lowest BCUT2D eigenvalue weighted by atomic mass is 9.67. The molecular formula is C34H26O. The number of fused-ring (bicyclic) bond motifs is 13. The maximum atomic E-state index is 15.3. The van der Waals surface area contributed by atoms with Crippen molar-refractivity contribution in [3.05, 3.63) is 131 Å². The van der Waals surface area contributed by atoms with Crippen LogP contribution in [-0.4, -0.2) is 5.78 Å². The second-order valence-corrected chi connectivity index (χ2v) is 11.3. The number of carbonyl (C=O) groups is 1. The summed E-state index contributed by atoms with van der Waals surface area (Å²) in [6.45, 7) is 4.78. The van der Waals surface area contributed by atoms with Crippen molar-refractivity contribution in [3.63, 3.8) is 0 Å². The highest BCUT2D eigenvalue weighted by Gasteiger charge is 2.88. The average molecular weight is 451 g/mol. The van der Waals surface area contributed by atoms with Crippen LogP contribution in [-0.2, 0) is 15.6 Å². The van der Waals surface area contributed by atoms with E-state index in [1.165, 1.54) is 32.7 Å². The summed E-state index contributed by atoms with van der Waals surface area (Å²) < 4.78 is 0. The molecule has 35 heavy (non-hydrogen) atoms. The molecule has 3 aliphatic carbocycles. The number of hydrogen-bond acceptors (Lipinski definition) is 1. The second kappa shape index (κ2) is 6.10. The van der Waals surface area contributed by atoms with E-state index in [0.717, 1.165) is 11.1 Å². The molecule has 0 N–H and O–H groups in total. The lowest BCUT2D eigenvalue weighted by Crippen LogP contribution is -2.42. The number of benzene rings is 5. The Morgan fingerprint density at radius 1 is 0.486 bits per heavy atom. The van der Waals surface area contributed by atoms with Crippen LogP contribution in [0.2, 0.25) is 0 Å². The van der Waals surface area contributed by atoms with Gasteiger partial charge >= 0.3 is 0 Å². The summed E-state index contributed by atoms with van der Waals surface area (Å²) in [4.78, 5) is 15.3. The van der Waals surface area contributed by atoms with Crippen molar-refractivity contribution in [3.8, 4) is 0 Å². The van der Waals surface area contributed by atoms with Gasteiger partial charge in [0.2, 0.25) is 0 Å². The van der Waals surface area contributed by atoms with E-state index in [1.54, 1.807) is 0 Å². The van der Waals surface area contributed by atoms with Gasteiger partial charge in [0.1, 0.15) is 0 Å². The van der Waals surface area contributed by atoms with Crippen molar-refractivity contribution in [2.24, 2.45) is 17.3 Å². The highest BCUT2D eigenvalue weighted by molar-refractivity contribution is 6.23. The van der Waals surface area contributed by atoms with Crippen LogP contribution in [0.5, 0.6) is 0 Å². The van der Waals surface area contributed by atoms with Gasteiger partial charge in [-0.2, -0.15) is 0 Å². The van der Waals surface area contributed by atoms with Crippen LogP contribution in [0.3, 0.4) is 0 Å². The monoisotopic (exact) mass is 450 g/mol. The molecule has 1 nitrogen and oxygen atoms in total. The molecule has 1 heteroatoms. The van der Waals surface area contributed by atoms with Crippen LogP contribution in [0.1, 0.15) is 36.1 Å². The van der Waals surface area contributed by atoms with E-state index in [1.807, 2.05) is 0 Å². The zero-order valence-corrected chi connectivity index (χ0v) is 20.0. The van der Waals surface area contributed by atoms with Crippen LogP contribution in [0, 0.1) is 17.3 Å². The average Bonchev–Trinajstić information content (AvgIpc) is 3.29. The number of Topliss-reactive ketones (excluding diaryl/α,β-unsaturated/α-hetero) is 1. The van der Waals surface area contributed by atoms with Crippen molar-refractivity contribution in [1.82, 2.24) is 0 Å². The Labute approximate surface area is 205 Å². The fraction of sp³-hybridized carbons (Fsp3) is 0.206. The Bertz CT molecular complexity index is 1570. The van der Waals surface area contributed by atoms with Crippen molar-refractivity contribution >= 4 is 27.3 Å². The van der Waals surface area contributed by atoms with Crippen molar-refractivity contribution in [2.45, 2.75) is 24.7 Å². The summed E-state index contributed by atoms with van der Waals surface area (Å²) in [5.74, 6) is 0.942. The van der Waals surface area contributed by atoms with Crippen LogP contribution < -0.4 is 0 Å². The van der Waals surface area contributed by atoms with E-state index in [-0.39, 0.29) is 17.3 Å². The van der Waals surface area contributed by atoms with Gasteiger partial charge in [0, 0.05) is 0 Å². The molecule has 2 bridgehead atoms. The molecule has 0 aliphatic heterocycles. The maximum absolute atomic E-state index is 15.3. The predicted molar refractivity (Wildman–Crippen MR) is 142 cm³/mol. The number of hydrogen-bond donors (Lipinski definition) is 0. The first-order valence-electron chi connectivity index (χ1n) is 12.7. The molecule has 4 atom stereocenters. The molecule has 8 rings (SSSR count). The van der Waals surface area contributed by atoms with E-state index >= 15 is 4.79 Å². The zero-order chi connectivity index (χ0) is 23.6. The quantitative estimate of drug-likeness (QED) is 0.256. The third-order valence-electron chi connectivity index (χ3n) is 9.66. The Balaban J connectivity index is 1.68. The topological polar surface area (TPSA) is 17.1 Å². The summed E-state index contributed by atoms with van der Waals surface area (Å²) in [5.41, 5.74) is 3.62. The summed E-state index contributed by atoms with van der Waals surface area (Å²) >= 11 is 0. The van der Waals surface area contributed by atoms with Gasteiger partial charge in [-0.1, -0.05) is 123 Å². The van der Waals surface area contributed by atoms with Gasteiger partial charge in [-0.05, 0) is 61.0 Å². The molecular weight excluding hydrogens is 424 g/mol. The minimum atomic E-state index is -0.635. The molecule has 2 fully saturated rings. The molecule has 0 saturated heterocycles. The molecule has 3 aliphatic rings. The Kier molecular flexibility index (Phi) is 3.41. The highest BCUT2D eigenvalue weighted by Crippen LogP contribution is 2.85. The fourth-order valence-electron chi connectivity index (χ4n) is 8.66. The van der Waals surface area contributed by atoms with Gasteiger partial charge in [0.25, 0.3) is 0 Å². The van der Waals surface area contributed by atoms with Crippen molar-refractivity contribution < 1.29 is 4.79 Å². The lowest BCUT2D eigenvalue weighted by Gasteiger charge is -2.33. The number of carbonyl (C=O) groups excluding carboxylic acids is 1. The standard InChI is InChI=1S/C34H26O/c1-32(2)29-30(32)34(22-15-7-4-8-16-22)28-26-20-12-10-18-24(26)23-17-9-11-19-25(23)27(28)33(29,31(34)35)21-13-5-3-6-14-21/h3-20,29-30H,1-2H3/t29-,30+,33-,34+. The number of ketones is 1. The van der Waals surface area contributed by atoms with Gasteiger partial charge in [0.05, 0.1) is 10.8 Å². The van der Waals surface area contributed by atoms with Crippen LogP contribution in [0.15, 0.2) is 109 Å². The molecule has 5 aromatic carbocycles. The molecule has 168 valence electrons. The van der Waals surface area contributed by atoms with E-state index in [9.17, 15) is 0 Å². The maximum Gasteiger partial charge on any atom is 0.163 e. The van der Waals surface area contributed by atoms with Gasteiger partial charge in [-0.15, -0.1) is 0 Å². The molecule has 2 saturated carbocycles. The van der Waals surface area contributed by atoms with Gasteiger partial charge < -0.3 is 0 Å². The third-order valence-corrected chi connectivity index (χ3v) is 9.66. The second-order valence-electron chi connectivity index (χ2n) is 11.3. The zero-order valence-electron chi connectivity index (χ0n) is 20.0. The minimum absolute atomic E-state index is 0.0564. The third kappa shape index (κ3) is 1.92. The normalized spacial score (nSPS) is 29.4. The van der Waals surface area contributed by atoms with Gasteiger partial charge in [0.15, 0.2) is 5.78 Å². The molecule has 0 amide bonds. The van der Waals surface area contributed by atoms with Crippen LogP contribution in [0.4, 0.5) is 0 Å². The first-order valence-corrected chi connectivity index (χ1v) is 12.7. The Hall–Kier alpha value is -3.71. The Morgan fingerprint density at radius 2 is 0.829 bits per heavy atom. The van der Waals surface area contributed by atoms with E-state index < -0.39 is 10.8 Å². The van der Waals surface area contributed by atoms with E-state index in [0.29, 0.717) is 5.78 Å². The summed E-state index contributed by atoms with van der Waals surface area (Å²) in [6.07, 6.45) is 0. The first-order chi connectivity index (χ1) is 17.1. The molecule has 0 spiro atoms. The van der Waals surface area contributed by atoms with Crippen LogP contribution >= 0.6 is 0 Å². The van der Waals surface area contributed by atoms with Gasteiger partial charge in [-0.25, -0.2) is 0 Å². The molecule has 5 aromatic rings. The SMILES string of the molecule is CC1(C)[C@H]2[C@@H]1[C@@]1(c3ccccc3)C(=O)[C@]2(c2ccccc2)c2c1c1ccccc1c1ccccc21. The van der Waals surface area contributed by atoms with Crippen LogP contribution in [0.25, 0.3) is 21.5 Å². The fourth-order valence-corrected chi connectivity index (χ4v) is 8.66. The highest BCUT2D eigenvalue weighted by atomic mass is 16.1.